The van der Waals surface area contributed by atoms with Crippen LogP contribution >= 0.6 is 0 Å². The highest BCUT2D eigenvalue weighted by Crippen LogP contribution is 2.37. The van der Waals surface area contributed by atoms with Gasteiger partial charge >= 0.3 is 0 Å². The van der Waals surface area contributed by atoms with E-state index in [2.05, 4.69) is 20.5 Å². The molecule has 1 unspecified atom stereocenters. The van der Waals surface area contributed by atoms with E-state index in [1.54, 1.807) is 30.3 Å². The number of nitrogens with zero attached hydrogens (tertiary/aromatic N) is 5. The molecule has 0 saturated heterocycles. The lowest BCUT2D eigenvalue weighted by molar-refractivity contribution is -0.121. The van der Waals surface area contributed by atoms with Gasteiger partial charge in [0.15, 0.2) is 5.82 Å². The van der Waals surface area contributed by atoms with Crippen LogP contribution < -0.4 is 20.4 Å². The highest BCUT2D eigenvalue weighted by Gasteiger charge is 2.35. The smallest absolute Gasteiger partial charge is 0.251 e. The van der Waals surface area contributed by atoms with Crippen molar-refractivity contribution in [2.24, 2.45) is 5.92 Å². The van der Waals surface area contributed by atoms with Gasteiger partial charge in [0.1, 0.15) is 5.69 Å². The third-order valence-electron chi connectivity index (χ3n) is 6.60. The van der Waals surface area contributed by atoms with E-state index in [4.69, 9.17) is 4.98 Å². The number of amides is 2. The summed E-state index contributed by atoms with van der Waals surface area (Å²) in [6, 6.07) is 7.70. The van der Waals surface area contributed by atoms with Gasteiger partial charge in [-0.25, -0.2) is 4.98 Å². The first kappa shape index (κ1) is 23.9. The number of hydrogen-bond donors (Lipinski definition) is 2. The first-order valence-electron chi connectivity index (χ1n) is 12.0. The number of likely N-dealkylation sites (N-methyl/N-ethyl adjacent to an activating group) is 1. The zero-order valence-electron chi connectivity index (χ0n) is 20.5. The second-order valence-corrected chi connectivity index (χ2v) is 9.56. The number of rotatable bonds is 7. The van der Waals surface area contributed by atoms with Crippen LogP contribution in [0.1, 0.15) is 43.0 Å². The van der Waals surface area contributed by atoms with Gasteiger partial charge in [-0.2, -0.15) is 4.98 Å². The summed E-state index contributed by atoms with van der Waals surface area (Å²) in [5.74, 6) is 1.09. The molecule has 2 amide bonds. The van der Waals surface area contributed by atoms with E-state index in [-0.39, 0.29) is 17.7 Å². The van der Waals surface area contributed by atoms with E-state index in [9.17, 15) is 9.59 Å². The summed E-state index contributed by atoms with van der Waals surface area (Å²) in [4.78, 5) is 40.7. The number of hydrogen-bond acceptors (Lipinski definition) is 7. The van der Waals surface area contributed by atoms with Crippen LogP contribution in [0.25, 0.3) is 0 Å². The van der Waals surface area contributed by atoms with Gasteiger partial charge in [0.05, 0.1) is 12.1 Å². The number of aromatic nitrogens is 2. The Balaban J connectivity index is 1.57. The fourth-order valence-electron chi connectivity index (χ4n) is 4.68. The first-order chi connectivity index (χ1) is 16.3. The van der Waals surface area contributed by atoms with Crippen molar-refractivity contribution in [1.82, 2.24) is 20.2 Å². The molecule has 4 rings (SSSR count). The van der Waals surface area contributed by atoms with Crippen LogP contribution in [-0.2, 0) is 4.79 Å². The SMILES string of the molecule is CC1CN(C2CCCC2)c2nc(Nc3cccc(C(=O)NCCN(C)C)c3)ncc2N(C)C1=O. The summed E-state index contributed by atoms with van der Waals surface area (Å²) in [6.07, 6.45) is 6.35. The molecule has 2 N–H and O–H groups in total. The summed E-state index contributed by atoms with van der Waals surface area (Å²) in [6.45, 7) is 3.99. The number of anilines is 4. The number of carbonyl (C=O) groups is 2. The molecule has 0 radical (unpaired) electrons. The van der Waals surface area contributed by atoms with Crippen molar-refractivity contribution in [3.63, 3.8) is 0 Å². The highest BCUT2D eigenvalue weighted by atomic mass is 16.2. The van der Waals surface area contributed by atoms with Crippen molar-refractivity contribution in [1.29, 1.82) is 0 Å². The molecule has 1 fully saturated rings. The lowest BCUT2D eigenvalue weighted by atomic mass is 10.1. The Bertz CT molecular complexity index is 1040. The van der Waals surface area contributed by atoms with E-state index < -0.39 is 0 Å². The van der Waals surface area contributed by atoms with Crippen LogP contribution in [0.2, 0.25) is 0 Å². The molecule has 0 bridgehead atoms. The lowest BCUT2D eigenvalue weighted by Gasteiger charge is -2.31. The first-order valence-corrected chi connectivity index (χ1v) is 12.0. The van der Waals surface area contributed by atoms with Crippen LogP contribution in [-0.4, -0.2) is 73.5 Å². The summed E-state index contributed by atoms with van der Waals surface area (Å²) in [5.41, 5.74) is 2.05. The monoisotopic (exact) mass is 465 g/mol. The van der Waals surface area contributed by atoms with Crippen LogP contribution in [0.3, 0.4) is 0 Å². The van der Waals surface area contributed by atoms with E-state index in [0.717, 1.165) is 36.6 Å². The molecular weight excluding hydrogens is 430 g/mol. The second-order valence-electron chi connectivity index (χ2n) is 9.56. The topological polar surface area (TPSA) is 93.7 Å². The Morgan fingerprint density at radius 3 is 2.74 bits per heavy atom. The Morgan fingerprint density at radius 2 is 2.00 bits per heavy atom. The van der Waals surface area contributed by atoms with E-state index >= 15 is 0 Å². The van der Waals surface area contributed by atoms with Crippen LogP contribution in [0.4, 0.5) is 23.1 Å². The van der Waals surface area contributed by atoms with Gasteiger partial charge in [-0.1, -0.05) is 25.8 Å². The van der Waals surface area contributed by atoms with E-state index in [1.807, 2.05) is 38.1 Å². The van der Waals surface area contributed by atoms with Gasteiger partial charge in [-0.15, -0.1) is 0 Å². The quantitative estimate of drug-likeness (QED) is 0.649. The van der Waals surface area contributed by atoms with Crippen LogP contribution in [0.5, 0.6) is 0 Å². The second kappa shape index (κ2) is 10.4. The number of fused-ring (bicyclic) bond motifs is 1. The molecule has 182 valence electrons. The molecule has 1 aromatic carbocycles. The van der Waals surface area contributed by atoms with Crippen molar-refractivity contribution < 1.29 is 9.59 Å². The molecule has 34 heavy (non-hydrogen) atoms. The van der Waals surface area contributed by atoms with Crippen molar-refractivity contribution in [3.05, 3.63) is 36.0 Å². The number of nitrogens with one attached hydrogen (secondary N) is 2. The Morgan fingerprint density at radius 1 is 1.24 bits per heavy atom. The summed E-state index contributed by atoms with van der Waals surface area (Å²) < 4.78 is 0. The van der Waals surface area contributed by atoms with Gasteiger partial charge < -0.3 is 25.3 Å². The van der Waals surface area contributed by atoms with E-state index in [0.29, 0.717) is 30.6 Å². The molecule has 9 nitrogen and oxygen atoms in total. The van der Waals surface area contributed by atoms with Crippen LogP contribution in [0, 0.1) is 5.92 Å². The maximum atomic E-state index is 12.8. The summed E-state index contributed by atoms with van der Waals surface area (Å²) in [5, 5.41) is 6.19. The summed E-state index contributed by atoms with van der Waals surface area (Å²) in [7, 11) is 5.74. The summed E-state index contributed by atoms with van der Waals surface area (Å²) >= 11 is 0. The minimum absolute atomic E-state index is 0.0824. The van der Waals surface area contributed by atoms with Gasteiger partial charge in [0.2, 0.25) is 11.9 Å². The third-order valence-corrected chi connectivity index (χ3v) is 6.60. The van der Waals surface area contributed by atoms with Gasteiger partial charge in [0.25, 0.3) is 5.91 Å². The normalized spacial score (nSPS) is 18.7. The molecule has 1 saturated carbocycles. The molecule has 2 heterocycles. The van der Waals surface area contributed by atoms with Crippen molar-refractivity contribution in [2.45, 2.75) is 38.6 Å². The highest BCUT2D eigenvalue weighted by molar-refractivity contribution is 5.99. The zero-order valence-corrected chi connectivity index (χ0v) is 20.5. The molecular formula is C25H35N7O2. The van der Waals surface area contributed by atoms with Crippen molar-refractivity contribution in [3.8, 4) is 0 Å². The fourth-order valence-corrected chi connectivity index (χ4v) is 4.68. The third kappa shape index (κ3) is 5.30. The minimum Gasteiger partial charge on any atom is -0.351 e. The molecule has 2 aliphatic rings. The standard InChI is InChI=1S/C25H35N7O2/c1-17-16-32(20-10-5-6-11-20)22-21(31(4)24(17)34)15-27-25(29-22)28-19-9-7-8-18(14-19)23(33)26-12-13-30(2)3/h7-9,14-15,17,20H,5-6,10-13,16H2,1-4H3,(H,26,33)(H,27,28,29). The molecule has 1 aliphatic carbocycles. The fraction of sp³-hybridized carbons (Fsp3) is 0.520. The number of carbonyl (C=O) groups excluding carboxylic acids is 2. The van der Waals surface area contributed by atoms with Gasteiger partial charge in [0, 0.05) is 44.0 Å². The average Bonchev–Trinajstić information content (AvgIpc) is 3.33. The maximum absolute atomic E-state index is 12.8. The predicted octanol–water partition coefficient (Wildman–Crippen LogP) is 2.87. The largest absolute Gasteiger partial charge is 0.351 e. The number of benzene rings is 1. The Labute approximate surface area is 201 Å². The molecule has 9 heteroatoms. The molecule has 1 aromatic heterocycles. The zero-order chi connectivity index (χ0) is 24.2. The predicted molar refractivity (Wildman–Crippen MR) is 135 cm³/mol. The van der Waals surface area contributed by atoms with Gasteiger partial charge in [-0.05, 0) is 45.1 Å². The van der Waals surface area contributed by atoms with Crippen molar-refractivity contribution in [2.75, 3.05) is 55.9 Å². The van der Waals surface area contributed by atoms with Crippen molar-refractivity contribution >= 4 is 35.0 Å². The molecule has 1 aliphatic heterocycles. The van der Waals surface area contributed by atoms with Gasteiger partial charge in [-0.3, -0.25) is 9.59 Å². The van der Waals surface area contributed by atoms with E-state index in [1.165, 1.54) is 12.8 Å². The minimum atomic E-state index is -0.116. The Kier molecular flexibility index (Phi) is 7.31. The molecule has 1 atom stereocenters. The van der Waals surface area contributed by atoms with Crippen LogP contribution in [0.15, 0.2) is 30.5 Å². The average molecular weight is 466 g/mol. The molecule has 0 spiro atoms. The Hall–Kier alpha value is -3.20. The maximum Gasteiger partial charge on any atom is 0.251 e. The molecule has 2 aromatic rings. The lowest BCUT2D eigenvalue weighted by Crippen LogP contribution is -2.38.